The predicted molar refractivity (Wildman–Crippen MR) is 117 cm³/mol. The lowest BCUT2D eigenvalue weighted by Gasteiger charge is -2.28. The van der Waals surface area contributed by atoms with Gasteiger partial charge in [0.05, 0.1) is 0 Å². The number of allylic oxidation sites excluding steroid dienone is 1. The first-order valence-corrected chi connectivity index (χ1v) is 9.86. The second-order valence-electron chi connectivity index (χ2n) is 9.27. The minimum absolute atomic E-state index is 0.0901. The number of hydrogen-bond donors (Lipinski definition) is 0. The molecule has 1 heterocycles. The van der Waals surface area contributed by atoms with Crippen molar-refractivity contribution in [2.45, 2.75) is 59.3 Å². The summed E-state index contributed by atoms with van der Waals surface area (Å²) >= 11 is 0. The summed E-state index contributed by atoms with van der Waals surface area (Å²) in [5.41, 5.74) is 3.98. The third-order valence-corrected chi connectivity index (χ3v) is 4.75. The van der Waals surface area contributed by atoms with Crippen LogP contribution in [0.2, 0.25) is 0 Å². The molecule has 152 valence electrons. The van der Waals surface area contributed by atoms with Crippen molar-refractivity contribution in [3.05, 3.63) is 59.7 Å². The zero-order valence-corrected chi connectivity index (χ0v) is 18.3. The minimum atomic E-state index is -0.417. The number of aromatic nitrogens is 3. The molecule has 2 aromatic carbocycles. The molecule has 0 amide bonds. The van der Waals surface area contributed by atoms with E-state index in [1.807, 2.05) is 30.3 Å². The Morgan fingerprint density at radius 2 is 1.55 bits per heavy atom. The molecular formula is C24H29N3O2. The van der Waals surface area contributed by atoms with Crippen molar-refractivity contribution in [2.24, 2.45) is 0 Å². The molecule has 0 unspecified atom stereocenters. The fourth-order valence-corrected chi connectivity index (χ4v) is 3.10. The van der Waals surface area contributed by atoms with Crippen LogP contribution in [-0.4, -0.2) is 21.0 Å². The molecule has 0 fully saturated rings. The molecular weight excluding hydrogens is 362 g/mol. The first-order chi connectivity index (χ1) is 13.5. The summed E-state index contributed by atoms with van der Waals surface area (Å²) in [6, 6.07) is 11.9. The van der Waals surface area contributed by atoms with E-state index in [1.54, 1.807) is 17.8 Å². The number of esters is 1. The molecule has 5 heteroatoms. The van der Waals surface area contributed by atoms with E-state index in [-0.39, 0.29) is 10.8 Å². The van der Waals surface area contributed by atoms with Crippen molar-refractivity contribution in [1.29, 1.82) is 0 Å². The highest BCUT2D eigenvalue weighted by Crippen LogP contribution is 2.40. The summed E-state index contributed by atoms with van der Waals surface area (Å²) in [6.45, 7) is 14.6. The van der Waals surface area contributed by atoms with Gasteiger partial charge in [0.25, 0.3) is 0 Å². The third-order valence-electron chi connectivity index (χ3n) is 4.75. The van der Waals surface area contributed by atoms with Crippen LogP contribution in [0.1, 0.15) is 59.6 Å². The quantitative estimate of drug-likeness (QED) is 0.336. The monoisotopic (exact) mass is 391 g/mol. The number of rotatable bonds is 3. The van der Waals surface area contributed by atoms with Crippen molar-refractivity contribution in [1.82, 2.24) is 15.0 Å². The van der Waals surface area contributed by atoms with Gasteiger partial charge in [0.2, 0.25) is 0 Å². The molecule has 29 heavy (non-hydrogen) atoms. The smallest absolute Gasteiger partial charge is 0.335 e. The standard InChI is InChI=1S/C24H29N3O2/c1-8-11-21(28)29-22-17(24(5,6)7)14-16(23(2,3)4)15-20(22)27-25-18-12-9-10-13-19(18)26-27/h8-15H,1-7H3. The van der Waals surface area contributed by atoms with Crippen LogP contribution in [0.15, 0.2) is 48.6 Å². The van der Waals surface area contributed by atoms with Gasteiger partial charge >= 0.3 is 5.97 Å². The van der Waals surface area contributed by atoms with Gasteiger partial charge in [-0.05, 0) is 41.5 Å². The molecule has 0 atom stereocenters. The van der Waals surface area contributed by atoms with E-state index in [4.69, 9.17) is 4.74 Å². The highest BCUT2D eigenvalue weighted by Gasteiger charge is 2.28. The highest BCUT2D eigenvalue weighted by molar-refractivity contribution is 5.85. The van der Waals surface area contributed by atoms with Gasteiger partial charge in [-0.25, -0.2) is 4.79 Å². The third kappa shape index (κ3) is 4.39. The van der Waals surface area contributed by atoms with Crippen molar-refractivity contribution in [2.75, 3.05) is 0 Å². The normalized spacial score (nSPS) is 12.7. The maximum atomic E-state index is 12.4. The van der Waals surface area contributed by atoms with Crippen molar-refractivity contribution in [3.8, 4) is 11.4 Å². The number of ether oxygens (including phenoxy) is 1. The molecule has 0 aliphatic carbocycles. The summed E-state index contributed by atoms with van der Waals surface area (Å²) in [5.74, 6) is 0.0772. The zero-order chi connectivity index (χ0) is 21.4. The van der Waals surface area contributed by atoms with Gasteiger partial charge in [-0.1, -0.05) is 65.8 Å². The lowest BCUT2D eigenvalue weighted by Crippen LogP contribution is -2.21. The molecule has 0 saturated heterocycles. The second-order valence-corrected chi connectivity index (χ2v) is 9.27. The fourth-order valence-electron chi connectivity index (χ4n) is 3.10. The average Bonchev–Trinajstić information content (AvgIpc) is 3.04. The van der Waals surface area contributed by atoms with Crippen LogP contribution in [-0.2, 0) is 15.6 Å². The Kier molecular flexibility index (Phi) is 5.35. The van der Waals surface area contributed by atoms with Crippen LogP contribution in [0.4, 0.5) is 0 Å². The van der Waals surface area contributed by atoms with Gasteiger partial charge in [0, 0.05) is 11.6 Å². The molecule has 0 bridgehead atoms. The molecule has 1 aromatic heterocycles. The van der Waals surface area contributed by atoms with Gasteiger partial charge in [0.15, 0.2) is 5.75 Å². The first-order valence-electron chi connectivity index (χ1n) is 9.86. The van der Waals surface area contributed by atoms with Crippen molar-refractivity contribution < 1.29 is 9.53 Å². The molecule has 0 radical (unpaired) electrons. The minimum Gasteiger partial charge on any atom is -0.421 e. The van der Waals surface area contributed by atoms with Gasteiger partial charge in [-0.3, -0.25) is 0 Å². The number of hydrogen-bond acceptors (Lipinski definition) is 4. The average molecular weight is 392 g/mol. The largest absolute Gasteiger partial charge is 0.421 e. The summed E-state index contributed by atoms with van der Waals surface area (Å²) in [6.07, 6.45) is 3.09. The van der Waals surface area contributed by atoms with Crippen LogP contribution in [0.5, 0.6) is 5.75 Å². The van der Waals surface area contributed by atoms with Crippen LogP contribution in [0.25, 0.3) is 16.7 Å². The van der Waals surface area contributed by atoms with Gasteiger partial charge in [-0.15, -0.1) is 15.0 Å². The van der Waals surface area contributed by atoms with E-state index in [2.05, 4.69) is 57.8 Å². The summed E-state index contributed by atoms with van der Waals surface area (Å²) in [7, 11) is 0. The Morgan fingerprint density at radius 1 is 0.966 bits per heavy atom. The summed E-state index contributed by atoms with van der Waals surface area (Å²) < 4.78 is 5.84. The summed E-state index contributed by atoms with van der Waals surface area (Å²) in [4.78, 5) is 13.9. The molecule has 0 aliphatic heterocycles. The first kappa shape index (κ1) is 20.8. The number of fused-ring (bicyclic) bond motifs is 1. The Morgan fingerprint density at radius 3 is 2.03 bits per heavy atom. The number of carbonyl (C=O) groups excluding carboxylic acids is 1. The Bertz CT molecular complexity index is 1050. The van der Waals surface area contributed by atoms with Crippen molar-refractivity contribution >= 4 is 17.0 Å². The molecule has 0 spiro atoms. The Labute approximate surface area is 172 Å². The fraction of sp³-hybridized carbons (Fsp3) is 0.375. The highest BCUT2D eigenvalue weighted by atomic mass is 16.5. The van der Waals surface area contributed by atoms with Crippen LogP contribution < -0.4 is 4.74 Å². The molecule has 5 nitrogen and oxygen atoms in total. The molecule has 3 rings (SSSR count). The maximum Gasteiger partial charge on any atom is 0.335 e. The lowest BCUT2D eigenvalue weighted by molar-refractivity contribution is -0.129. The van der Waals surface area contributed by atoms with Crippen LogP contribution >= 0.6 is 0 Å². The predicted octanol–water partition coefficient (Wildman–Crippen LogP) is 5.50. The maximum absolute atomic E-state index is 12.4. The molecule has 0 aliphatic rings. The molecule has 0 N–H and O–H groups in total. The zero-order valence-electron chi connectivity index (χ0n) is 18.3. The van der Waals surface area contributed by atoms with Crippen molar-refractivity contribution in [3.63, 3.8) is 0 Å². The Hall–Kier alpha value is -2.95. The SMILES string of the molecule is CC=CC(=O)Oc1c(-n2nc3ccccc3n2)cc(C(C)(C)C)cc1C(C)(C)C. The topological polar surface area (TPSA) is 57.0 Å². The van der Waals surface area contributed by atoms with Crippen LogP contribution in [0, 0.1) is 0 Å². The number of nitrogens with zero attached hydrogens (tertiary/aromatic N) is 3. The van der Waals surface area contributed by atoms with E-state index in [0.29, 0.717) is 11.4 Å². The van der Waals surface area contributed by atoms with E-state index in [9.17, 15) is 4.79 Å². The van der Waals surface area contributed by atoms with E-state index in [0.717, 1.165) is 22.2 Å². The Balaban J connectivity index is 2.34. The van der Waals surface area contributed by atoms with E-state index >= 15 is 0 Å². The number of carbonyl (C=O) groups is 1. The van der Waals surface area contributed by atoms with E-state index < -0.39 is 5.97 Å². The van der Waals surface area contributed by atoms with Gasteiger partial charge in [-0.2, -0.15) is 0 Å². The lowest BCUT2D eigenvalue weighted by atomic mass is 9.79. The van der Waals surface area contributed by atoms with Gasteiger partial charge in [0.1, 0.15) is 16.7 Å². The summed E-state index contributed by atoms with van der Waals surface area (Å²) in [5, 5.41) is 9.28. The second kappa shape index (κ2) is 7.47. The van der Waals surface area contributed by atoms with E-state index in [1.165, 1.54) is 6.08 Å². The molecule has 0 saturated carbocycles. The number of benzene rings is 2. The van der Waals surface area contributed by atoms with Gasteiger partial charge < -0.3 is 4.74 Å². The van der Waals surface area contributed by atoms with Crippen LogP contribution in [0.3, 0.4) is 0 Å². The molecule has 3 aromatic rings.